The van der Waals surface area contributed by atoms with Gasteiger partial charge in [0.05, 0.1) is 12.3 Å². The number of piperidine rings is 1. The summed E-state index contributed by atoms with van der Waals surface area (Å²) in [5.74, 6) is 0.230. The smallest absolute Gasteiger partial charge is 0.130 e. The van der Waals surface area contributed by atoms with Crippen molar-refractivity contribution >= 4 is 0 Å². The van der Waals surface area contributed by atoms with Gasteiger partial charge in [-0.25, -0.2) is 8.78 Å². The molecule has 3 fully saturated rings. The second-order valence-corrected chi connectivity index (χ2v) is 9.94. The molecule has 0 spiro atoms. The Morgan fingerprint density at radius 2 is 2.00 bits per heavy atom. The minimum Gasteiger partial charge on any atom is -0.377 e. The zero-order valence-electron chi connectivity index (χ0n) is 18.7. The molecule has 3 aliphatic heterocycles. The highest BCUT2D eigenvalue weighted by Gasteiger charge is 2.49. The SMILES string of the molecule is CNC1CC(NC2CC3CCCOC3C(C3=CCN(C)CCC3)C2F)NC(C)C1F. The predicted molar refractivity (Wildman–Crippen MR) is 116 cm³/mol. The fourth-order valence-electron chi connectivity index (χ4n) is 6.16. The molecule has 0 bridgehead atoms. The van der Waals surface area contributed by atoms with Crippen molar-refractivity contribution in [3.05, 3.63) is 11.6 Å². The van der Waals surface area contributed by atoms with Gasteiger partial charge in [0.15, 0.2) is 0 Å². The summed E-state index contributed by atoms with van der Waals surface area (Å²) in [6.07, 6.45) is 5.88. The standard InChI is InChI=1S/C23H40F2N4O/c1-14-21(24)17(26-2)13-19(27-14)28-18-12-16-7-5-11-30-23(16)20(22(18)25)15-6-4-9-29(3)10-8-15/h8,14,16-23,26-28H,4-7,9-13H2,1-3H3. The van der Waals surface area contributed by atoms with Gasteiger partial charge in [-0.05, 0) is 72.0 Å². The first-order valence-electron chi connectivity index (χ1n) is 11.9. The van der Waals surface area contributed by atoms with Gasteiger partial charge in [-0.2, -0.15) is 0 Å². The molecule has 7 heteroatoms. The van der Waals surface area contributed by atoms with Crippen LogP contribution in [-0.2, 0) is 4.74 Å². The Bertz CT molecular complexity index is 606. The van der Waals surface area contributed by atoms with Crippen molar-refractivity contribution in [2.75, 3.05) is 33.8 Å². The summed E-state index contributed by atoms with van der Waals surface area (Å²) in [4.78, 5) is 2.30. The molecule has 3 N–H and O–H groups in total. The topological polar surface area (TPSA) is 48.6 Å². The molecule has 5 nitrogen and oxygen atoms in total. The number of hydrogen-bond acceptors (Lipinski definition) is 5. The van der Waals surface area contributed by atoms with E-state index in [-0.39, 0.29) is 36.3 Å². The van der Waals surface area contributed by atoms with E-state index in [1.807, 2.05) is 6.92 Å². The van der Waals surface area contributed by atoms with Crippen molar-refractivity contribution in [3.63, 3.8) is 0 Å². The van der Waals surface area contributed by atoms with Crippen LogP contribution in [0.15, 0.2) is 11.6 Å². The number of ether oxygens (including phenoxy) is 1. The molecule has 172 valence electrons. The van der Waals surface area contributed by atoms with Crippen molar-refractivity contribution in [1.82, 2.24) is 20.9 Å². The van der Waals surface area contributed by atoms with Gasteiger partial charge in [0.25, 0.3) is 0 Å². The van der Waals surface area contributed by atoms with E-state index in [1.54, 1.807) is 7.05 Å². The first-order chi connectivity index (χ1) is 14.5. The Labute approximate surface area is 180 Å². The van der Waals surface area contributed by atoms with Gasteiger partial charge >= 0.3 is 0 Å². The molecular formula is C23H40F2N4O. The summed E-state index contributed by atoms with van der Waals surface area (Å²) in [6.45, 7) is 4.56. The van der Waals surface area contributed by atoms with Crippen LogP contribution in [0.3, 0.4) is 0 Å². The van der Waals surface area contributed by atoms with Crippen LogP contribution >= 0.6 is 0 Å². The van der Waals surface area contributed by atoms with E-state index >= 15 is 4.39 Å². The number of alkyl halides is 2. The first kappa shape index (κ1) is 22.6. The maximum atomic E-state index is 16.1. The van der Waals surface area contributed by atoms with Gasteiger partial charge in [-0.3, -0.25) is 10.6 Å². The van der Waals surface area contributed by atoms with E-state index in [4.69, 9.17) is 4.74 Å². The average Bonchev–Trinajstić information content (AvgIpc) is 2.95. The number of halogens is 2. The molecule has 3 heterocycles. The van der Waals surface area contributed by atoms with Crippen molar-refractivity contribution in [1.29, 1.82) is 0 Å². The first-order valence-corrected chi connectivity index (χ1v) is 11.9. The van der Waals surface area contributed by atoms with Crippen LogP contribution in [-0.4, -0.2) is 81.4 Å². The average molecular weight is 427 g/mol. The molecule has 4 rings (SSSR count). The zero-order valence-corrected chi connectivity index (χ0v) is 18.7. The van der Waals surface area contributed by atoms with Crippen LogP contribution in [0.1, 0.15) is 45.4 Å². The number of hydrogen-bond donors (Lipinski definition) is 3. The summed E-state index contributed by atoms with van der Waals surface area (Å²) < 4.78 is 36.7. The highest BCUT2D eigenvalue weighted by Crippen LogP contribution is 2.43. The molecule has 2 saturated heterocycles. The van der Waals surface area contributed by atoms with Gasteiger partial charge in [0, 0.05) is 37.2 Å². The van der Waals surface area contributed by atoms with Crippen molar-refractivity contribution in [2.45, 2.75) is 88.2 Å². The van der Waals surface area contributed by atoms with Crippen LogP contribution in [0.2, 0.25) is 0 Å². The lowest BCUT2D eigenvalue weighted by molar-refractivity contribution is -0.105. The highest BCUT2D eigenvalue weighted by molar-refractivity contribution is 5.18. The van der Waals surface area contributed by atoms with E-state index in [9.17, 15) is 4.39 Å². The Balaban J connectivity index is 1.51. The van der Waals surface area contributed by atoms with Gasteiger partial charge in [-0.1, -0.05) is 11.6 Å². The third-order valence-corrected chi connectivity index (χ3v) is 7.83. The third kappa shape index (κ3) is 4.75. The van der Waals surface area contributed by atoms with Gasteiger partial charge in [0.2, 0.25) is 0 Å². The maximum absolute atomic E-state index is 16.1. The summed E-state index contributed by atoms with van der Waals surface area (Å²) in [5.41, 5.74) is 1.25. The van der Waals surface area contributed by atoms with E-state index in [1.165, 1.54) is 5.57 Å². The second-order valence-electron chi connectivity index (χ2n) is 9.94. The van der Waals surface area contributed by atoms with Crippen molar-refractivity contribution < 1.29 is 13.5 Å². The Morgan fingerprint density at radius 3 is 2.80 bits per heavy atom. The van der Waals surface area contributed by atoms with Crippen LogP contribution in [0.5, 0.6) is 0 Å². The largest absolute Gasteiger partial charge is 0.377 e. The summed E-state index contributed by atoms with van der Waals surface area (Å²) >= 11 is 0. The lowest BCUT2D eigenvalue weighted by Gasteiger charge is -2.49. The van der Waals surface area contributed by atoms with E-state index in [2.05, 4.69) is 34.0 Å². The Hall–Kier alpha value is -0.600. The molecule has 4 aliphatic rings. The molecule has 0 radical (unpaired) electrons. The Morgan fingerprint density at radius 1 is 1.17 bits per heavy atom. The zero-order chi connectivity index (χ0) is 21.3. The predicted octanol–water partition coefficient (Wildman–Crippen LogP) is 2.38. The second kappa shape index (κ2) is 9.90. The van der Waals surface area contributed by atoms with Crippen molar-refractivity contribution in [2.24, 2.45) is 11.8 Å². The number of nitrogens with zero attached hydrogens (tertiary/aromatic N) is 1. The fraction of sp³-hybridized carbons (Fsp3) is 0.913. The highest BCUT2D eigenvalue weighted by atomic mass is 19.1. The molecule has 30 heavy (non-hydrogen) atoms. The van der Waals surface area contributed by atoms with Crippen LogP contribution in [0.4, 0.5) is 8.78 Å². The van der Waals surface area contributed by atoms with Crippen LogP contribution in [0.25, 0.3) is 0 Å². The molecule has 9 atom stereocenters. The number of rotatable bonds is 4. The lowest BCUT2D eigenvalue weighted by atomic mass is 9.68. The van der Waals surface area contributed by atoms with Crippen LogP contribution < -0.4 is 16.0 Å². The van der Waals surface area contributed by atoms with Crippen molar-refractivity contribution in [3.8, 4) is 0 Å². The third-order valence-electron chi connectivity index (χ3n) is 7.83. The van der Waals surface area contributed by atoms with E-state index in [0.29, 0.717) is 12.3 Å². The van der Waals surface area contributed by atoms with E-state index in [0.717, 1.165) is 51.8 Å². The van der Waals surface area contributed by atoms with Crippen LogP contribution in [0, 0.1) is 11.8 Å². The van der Waals surface area contributed by atoms with E-state index < -0.39 is 12.3 Å². The minimum absolute atomic E-state index is 0.0000241. The van der Waals surface area contributed by atoms with Gasteiger partial charge in [-0.15, -0.1) is 0 Å². The van der Waals surface area contributed by atoms with Gasteiger partial charge < -0.3 is 15.0 Å². The quantitative estimate of drug-likeness (QED) is 0.603. The molecule has 0 aromatic heterocycles. The number of fused-ring (bicyclic) bond motifs is 1. The normalized spacial score (nSPS) is 46.0. The fourth-order valence-corrected chi connectivity index (χ4v) is 6.16. The van der Waals surface area contributed by atoms with Gasteiger partial charge in [0.1, 0.15) is 12.3 Å². The summed E-state index contributed by atoms with van der Waals surface area (Å²) in [7, 11) is 3.93. The molecule has 0 aromatic rings. The molecular weight excluding hydrogens is 386 g/mol. The Kier molecular flexibility index (Phi) is 7.46. The molecule has 0 aromatic carbocycles. The number of nitrogens with one attached hydrogen (secondary N) is 3. The number of likely N-dealkylation sites (N-methyl/N-ethyl adjacent to an activating group) is 1. The summed E-state index contributed by atoms with van der Waals surface area (Å²) in [5, 5.41) is 10.00. The minimum atomic E-state index is -0.979. The molecule has 0 amide bonds. The molecule has 1 saturated carbocycles. The monoisotopic (exact) mass is 426 g/mol. The summed E-state index contributed by atoms with van der Waals surface area (Å²) in [6, 6.07) is -0.683. The maximum Gasteiger partial charge on any atom is 0.130 e. The molecule has 1 aliphatic carbocycles. The molecule has 9 unspecified atom stereocenters. The lowest BCUT2D eigenvalue weighted by Crippen LogP contribution is -2.66.